The zero-order valence-electron chi connectivity index (χ0n) is 10.8. The van der Waals surface area contributed by atoms with Crippen LogP contribution in [0.2, 0.25) is 0 Å². The van der Waals surface area contributed by atoms with E-state index in [2.05, 4.69) is 5.32 Å². The second-order valence-corrected chi connectivity index (χ2v) is 4.84. The fourth-order valence-corrected chi connectivity index (χ4v) is 2.12. The molecule has 1 rings (SSSR count). The van der Waals surface area contributed by atoms with Gasteiger partial charge in [-0.2, -0.15) is 0 Å². The number of aliphatic hydroxyl groups excluding tert-OH is 1. The van der Waals surface area contributed by atoms with E-state index in [9.17, 15) is 9.59 Å². The molecule has 1 aliphatic heterocycles. The summed E-state index contributed by atoms with van der Waals surface area (Å²) in [6.07, 6.45) is 1.64. The largest absolute Gasteiger partial charge is 0.481 e. The molecule has 3 N–H and O–H groups in total. The van der Waals surface area contributed by atoms with Crippen molar-refractivity contribution in [3.63, 3.8) is 0 Å². The van der Waals surface area contributed by atoms with Crippen molar-refractivity contribution in [2.45, 2.75) is 26.2 Å². The molecule has 2 amide bonds. The molecule has 0 saturated carbocycles. The van der Waals surface area contributed by atoms with Gasteiger partial charge in [0.1, 0.15) is 0 Å². The van der Waals surface area contributed by atoms with E-state index >= 15 is 0 Å². The first kappa shape index (κ1) is 14.8. The highest BCUT2D eigenvalue weighted by atomic mass is 16.4. The highest BCUT2D eigenvalue weighted by molar-refractivity contribution is 5.74. The highest BCUT2D eigenvalue weighted by Gasteiger charge is 2.25. The monoisotopic (exact) mass is 258 g/mol. The number of carbonyl (C=O) groups is 2. The molecular weight excluding hydrogens is 236 g/mol. The fraction of sp³-hybridized carbons (Fsp3) is 0.833. The predicted molar refractivity (Wildman–Crippen MR) is 66.2 cm³/mol. The number of hydrogen-bond acceptors (Lipinski definition) is 3. The van der Waals surface area contributed by atoms with Crippen LogP contribution in [0.15, 0.2) is 0 Å². The second kappa shape index (κ2) is 7.20. The van der Waals surface area contributed by atoms with Crippen molar-refractivity contribution in [3.05, 3.63) is 0 Å². The van der Waals surface area contributed by atoms with Gasteiger partial charge in [-0.05, 0) is 12.3 Å². The molecule has 2 atom stereocenters. The van der Waals surface area contributed by atoms with Gasteiger partial charge >= 0.3 is 12.0 Å². The number of aliphatic hydroxyl groups is 1. The van der Waals surface area contributed by atoms with Gasteiger partial charge in [0.25, 0.3) is 0 Å². The standard InChI is InChI=1S/C12H22N2O4/c1-2-9(5-11(16)17)6-13-12(18)14-4-3-10(7-14)8-15/h9-10,15H,2-8H2,1H3,(H,13,18)(H,16,17). The summed E-state index contributed by atoms with van der Waals surface area (Å²) in [5, 5.41) is 20.5. The van der Waals surface area contributed by atoms with Gasteiger partial charge < -0.3 is 20.4 Å². The summed E-state index contributed by atoms with van der Waals surface area (Å²) in [4.78, 5) is 24.1. The molecule has 1 aliphatic rings. The molecule has 6 heteroatoms. The van der Waals surface area contributed by atoms with Crippen LogP contribution in [0.5, 0.6) is 0 Å². The van der Waals surface area contributed by atoms with Crippen LogP contribution in [0.25, 0.3) is 0 Å². The van der Waals surface area contributed by atoms with Gasteiger partial charge in [0.2, 0.25) is 0 Å². The predicted octanol–water partition coefficient (Wildman–Crippen LogP) is 0.511. The summed E-state index contributed by atoms with van der Waals surface area (Å²) in [5.74, 6) is -0.683. The van der Waals surface area contributed by atoms with Crippen molar-refractivity contribution < 1.29 is 19.8 Å². The third-order valence-electron chi connectivity index (χ3n) is 3.41. The Balaban J connectivity index is 2.29. The van der Waals surface area contributed by atoms with E-state index < -0.39 is 5.97 Å². The van der Waals surface area contributed by atoms with E-state index in [1.165, 1.54) is 0 Å². The van der Waals surface area contributed by atoms with Crippen molar-refractivity contribution in [2.24, 2.45) is 11.8 Å². The zero-order chi connectivity index (χ0) is 13.5. The molecule has 1 saturated heterocycles. The van der Waals surface area contributed by atoms with Crippen LogP contribution in [0.1, 0.15) is 26.2 Å². The van der Waals surface area contributed by atoms with Crippen molar-refractivity contribution >= 4 is 12.0 Å². The highest BCUT2D eigenvalue weighted by Crippen LogP contribution is 2.15. The lowest BCUT2D eigenvalue weighted by molar-refractivity contribution is -0.138. The van der Waals surface area contributed by atoms with Gasteiger partial charge in [0.15, 0.2) is 0 Å². The number of carboxylic acids is 1. The smallest absolute Gasteiger partial charge is 0.317 e. The number of carbonyl (C=O) groups excluding carboxylic acids is 1. The van der Waals surface area contributed by atoms with E-state index in [1.807, 2.05) is 6.92 Å². The third kappa shape index (κ3) is 4.52. The van der Waals surface area contributed by atoms with E-state index in [0.717, 1.165) is 12.8 Å². The topological polar surface area (TPSA) is 89.9 Å². The SMILES string of the molecule is CCC(CNC(=O)N1CCC(CO)C1)CC(=O)O. The number of likely N-dealkylation sites (tertiary alicyclic amines) is 1. The van der Waals surface area contributed by atoms with Gasteiger partial charge in [-0.15, -0.1) is 0 Å². The number of rotatable bonds is 6. The van der Waals surface area contributed by atoms with Crippen LogP contribution in [0.3, 0.4) is 0 Å². The molecule has 0 aromatic heterocycles. The Kier molecular flexibility index (Phi) is 5.91. The summed E-state index contributed by atoms with van der Waals surface area (Å²) in [6, 6.07) is -0.158. The Hall–Kier alpha value is -1.30. The Morgan fingerprint density at radius 3 is 2.72 bits per heavy atom. The molecule has 1 fully saturated rings. The molecule has 0 aliphatic carbocycles. The summed E-state index contributed by atoms with van der Waals surface area (Å²) in [6.45, 7) is 3.66. The number of urea groups is 1. The zero-order valence-corrected chi connectivity index (χ0v) is 10.8. The first-order valence-corrected chi connectivity index (χ1v) is 6.42. The first-order valence-electron chi connectivity index (χ1n) is 6.42. The minimum Gasteiger partial charge on any atom is -0.481 e. The molecule has 104 valence electrons. The normalized spacial score (nSPS) is 20.8. The molecule has 18 heavy (non-hydrogen) atoms. The lowest BCUT2D eigenvalue weighted by Gasteiger charge is -2.19. The van der Waals surface area contributed by atoms with E-state index in [1.54, 1.807) is 4.90 Å². The van der Waals surface area contributed by atoms with Crippen molar-refractivity contribution in [1.82, 2.24) is 10.2 Å². The van der Waals surface area contributed by atoms with Gasteiger partial charge in [0, 0.05) is 38.6 Å². The third-order valence-corrected chi connectivity index (χ3v) is 3.41. The van der Waals surface area contributed by atoms with Crippen molar-refractivity contribution in [2.75, 3.05) is 26.2 Å². The molecule has 6 nitrogen and oxygen atoms in total. The maximum Gasteiger partial charge on any atom is 0.317 e. The van der Waals surface area contributed by atoms with Crippen LogP contribution in [-0.2, 0) is 4.79 Å². The van der Waals surface area contributed by atoms with Crippen molar-refractivity contribution in [1.29, 1.82) is 0 Å². The lowest BCUT2D eigenvalue weighted by atomic mass is 10.0. The summed E-state index contributed by atoms with van der Waals surface area (Å²) in [5.41, 5.74) is 0. The number of nitrogens with one attached hydrogen (secondary N) is 1. The summed E-state index contributed by atoms with van der Waals surface area (Å²) in [7, 11) is 0. The molecule has 0 spiro atoms. The molecular formula is C12H22N2O4. The van der Waals surface area contributed by atoms with E-state index in [-0.39, 0.29) is 30.9 Å². The fourth-order valence-electron chi connectivity index (χ4n) is 2.12. The number of amides is 2. The van der Waals surface area contributed by atoms with E-state index in [4.69, 9.17) is 10.2 Å². The quantitative estimate of drug-likeness (QED) is 0.647. The van der Waals surface area contributed by atoms with Crippen LogP contribution in [-0.4, -0.2) is 53.4 Å². The Morgan fingerprint density at radius 2 is 2.22 bits per heavy atom. The van der Waals surface area contributed by atoms with Crippen LogP contribution >= 0.6 is 0 Å². The van der Waals surface area contributed by atoms with Gasteiger partial charge in [-0.25, -0.2) is 4.79 Å². The van der Waals surface area contributed by atoms with Gasteiger partial charge in [-0.3, -0.25) is 4.79 Å². The Morgan fingerprint density at radius 1 is 1.50 bits per heavy atom. The number of hydrogen-bond donors (Lipinski definition) is 3. The maximum absolute atomic E-state index is 11.8. The minimum absolute atomic E-state index is 0.0253. The average Bonchev–Trinajstić information content (AvgIpc) is 2.82. The van der Waals surface area contributed by atoms with Crippen molar-refractivity contribution in [3.8, 4) is 0 Å². The van der Waals surface area contributed by atoms with Crippen LogP contribution in [0, 0.1) is 11.8 Å². The maximum atomic E-state index is 11.8. The number of aliphatic carboxylic acids is 1. The number of nitrogens with zero attached hydrogens (tertiary/aromatic N) is 1. The van der Waals surface area contributed by atoms with Crippen LogP contribution < -0.4 is 5.32 Å². The molecule has 0 aromatic rings. The summed E-state index contributed by atoms with van der Waals surface area (Å²) < 4.78 is 0. The van der Waals surface area contributed by atoms with Gasteiger partial charge in [-0.1, -0.05) is 13.3 Å². The molecule has 0 radical (unpaired) electrons. The molecule has 0 aromatic carbocycles. The Bertz CT molecular complexity index is 296. The molecule has 0 bridgehead atoms. The van der Waals surface area contributed by atoms with Crippen LogP contribution in [0.4, 0.5) is 4.79 Å². The lowest BCUT2D eigenvalue weighted by Crippen LogP contribution is -2.41. The first-order chi connectivity index (χ1) is 8.56. The molecule has 1 heterocycles. The van der Waals surface area contributed by atoms with E-state index in [0.29, 0.717) is 19.6 Å². The van der Waals surface area contributed by atoms with Gasteiger partial charge in [0.05, 0.1) is 0 Å². The summed E-state index contributed by atoms with van der Waals surface area (Å²) >= 11 is 0. The molecule has 2 unspecified atom stereocenters. The Labute approximate surface area is 107 Å². The number of carboxylic acid groups (broad SMARTS) is 1. The second-order valence-electron chi connectivity index (χ2n) is 4.84. The average molecular weight is 258 g/mol. The minimum atomic E-state index is -0.836.